The Labute approximate surface area is 121 Å². The van der Waals surface area contributed by atoms with Crippen LogP contribution in [0.1, 0.15) is 47.5 Å². The van der Waals surface area contributed by atoms with E-state index in [-0.39, 0.29) is 0 Å². The molecule has 1 aromatic rings. The van der Waals surface area contributed by atoms with Crippen molar-refractivity contribution in [2.75, 3.05) is 19.6 Å². The van der Waals surface area contributed by atoms with Crippen LogP contribution in [0.25, 0.3) is 0 Å². The topological polar surface area (TPSA) is 15.3 Å². The van der Waals surface area contributed by atoms with Gasteiger partial charge < -0.3 is 5.32 Å². The molecule has 19 heavy (non-hydrogen) atoms. The van der Waals surface area contributed by atoms with Crippen molar-refractivity contribution in [1.29, 1.82) is 0 Å². The number of aryl methyl sites for hydroxylation is 2. The molecule has 0 amide bonds. The van der Waals surface area contributed by atoms with E-state index >= 15 is 0 Å². The molecular formula is C16H26N2S. The lowest BCUT2D eigenvalue weighted by Crippen LogP contribution is -2.40. The van der Waals surface area contributed by atoms with E-state index in [9.17, 15) is 0 Å². The summed E-state index contributed by atoms with van der Waals surface area (Å²) < 4.78 is 0. The monoisotopic (exact) mass is 278 g/mol. The first-order valence-corrected chi connectivity index (χ1v) is 8.51. The van der Waals surface area contributed by atoms with Gasteiger partial charge in [-0.05, 0) is 64.1 Å². The molecule has 0 radical (unpaired) electrons. The summed E-state index contributed by atoms with van der Waals surface area (Å²) in [5, 5.41) is 3.76. The molecule has 1 aliphatic heterocycles. The summed E-state index contributed by atoms with van der Waals surface area (Å²) in [6.45, 7) is 10.6. The van der Waals surface area contributed by atoms with Gasteiger partial charge in [-0.1, -0.05) is 0 Å². The molecule has 1 aliphatic carbocycles. The van der Waals surface area contributed by atoms with Crippen molar-refractivity contribution in [3.63, 3.8) is 0 Å². The van der Waals surface area contributed by atoms with Gasteiger partial charge in [-0.25, -0.2) is 0 Å². The number of hydrogen-bond donors (Lipinski definition) is 1. The predicted octanol–water partition coefficient (Wildman–Crippen LogP) is 3.50. The molecule has 1 aromatic heterocycles. The first kappa shape index (κ1) is 13.6. The summed E-state index contributed by atoms with van der Waals surface area (Å²) >= 11 is 1.94. The van der Waals surface area contributed by atoms with Crippen LogP contribution in [0.3, 0.4) is 0 Å². The second-order valence-corrected chi connectivity index (χ2v) is 7.75. The van der Waals surface area contributed by atoms with Crippen LogP contribution in [-0.4, -0.2) is 30.6 Å². The quantitative estimate of drug-likeness (QED) is 0.910. The Morgan fingerprint density at radius 3 is 2.79 bits per heavy atom. The third-order valence-electron chi connectivity index (χ3n) is 4.73. The van der Waals surface area contributed by atoms with Gasteiger partial charge in [-0.15, -0.1) is 11.3 Å². The Morgan fingerprint density at radius 1 is 1.37 bits per heavy atom. The van der Waals surface area contributed by atoms with Crippen LogP contribution in [0.5, 0.6) is 0 Å². The molecule has 1 saturated carbocycles. The molecule has 1 saturated heterocycles. The summed E-state index contributed by atoms with van der Waals surface area (Å²) in [6.07, 6.45) is 4.17. The molecule has 3 rings (SSSR count). The molecule has 1 N–H and O–H groups in total. The molecule has 0 aromatic carbocycles. The van der Waals surface area contributed by atoms with Gasteiger partial charge in [-0.3, -0.25) is 4.90 Å². The highest BCUT2D eigenvalue weighted by molar-refractivity contribution is 7.12. The molecular weight excluding hydrogens is 252 g/mol. The maximum absolute atomic E-state index is 3.76. The molecule has 2 unspecified atom stereocenters. The molecule has 2 nitrogen and oxygen atoms in total. The Morgan fingerprint density at radius 2 is 2.16 bits per heavy atom. The molecule has 2 heterocycles. The highest BCUT2D eigenvalue weighted by atomic mass is 32.1. The minimum Gasteiger partial charge on any atom is -0.312 e. The van der Waals surface area contributed by atoms with E-state index in [0.29, 0.717) is 6.04 Å². The minimum absolute atomic E-state index is 0.575. The van der Waals surface area contributed by atoms with Crippen molar-refractivity contribution < 1.29 is 0 Å². The molecule has 3 heteroatoms. The van der Waals surface area contributed by atoms with Crippen LogP contribution in [0.15, 0.2) is 6.07 Å². The Hall–Kier alpha value is -0.380. The third kappa shape index (κ3) is 3.04. The fraction of sp³-hybridized carbons (Fsp3) is 0.750. The van der Waals surface area contributed by atoms with Crippen molar-refractivity contribution in [2.24, 2.45) is 5.92 Å². The van der Waals surface area contributed by atoms with Crippen LogP contribution in [0.4, 0.5) is 0 Å². The zero-order valence-electron chi connectivity index (χ0n) is 12.4. The van der Waals surface area contributed by atoms with E-state index in [4.69, 9.17) is 0 Å². The lowest BCUT2D eigenvalue weighted by Gasteiger charge is -2.30. The maximum atomic E-state index is 3.76. The Bertz CT molecular complexity index is 436. The van der Waals surface area contributed by atoms with Gasteiger partial charge in [0.15, 0.2) is 0 Å². The smallest absolute Gasteiger partial charge is 0.0331 e. The average molecular weight is 278 g/mol. The van der Waals surface area contributed by atoms with E-state index in [1.807, 2.05) is 11.3 Å². The number of nitrogens with one attached hydrogen (secondary N) is 1. The second kappa shape index (κ2) is 5.55. The minimum atomic E-state index is 0.575. The fourth-order valence-electron chi connectivity index (χ4n) is 3.41. The fourth-order valence-corrected chi connectivity index (χ4v) is 4.42. The summed E-state index contributed by atoms with van der Waals surface area (Å²) in [5.74, 6) is 0.957. The molecule has 2 atom stereocenters. The maximum Gasteiger partial charge on any atom is 0.0331 e. The lowest BCUT2D eigenvalue weighted by atomic mass is 10.1. The van der Waals surface area contributed by atoms with E-state index in [2.05, 4.69) is 37.1 Å². The standard InChI is InChI=1S/C16H26N2S/c1-11-9-15(13(3)19-11)12(2)18-8-4-7-17-16(10-18)14-5-6-14/h9,12,14,16-17H,4-8,10H2,1-3H3. The van der Waals surface area contributed by atoms with Crippen LogP contribution < -0.4 is 5.32 Å². The van der Waals surface area contributed by atoms with Crippen molar-refractivity contribution >= 4 is 11.3 Å². The normalized spacial score (nSPS) is 27.2. The Kier molecular flexibility index (Phi) is 3.97. The van der Waals surface area contributed by atoms with Gasteiger partial charge in [0.1, 0.15) is 0 Å². The van der Waals surface area contributed by atoms with Crippen molar-refractivity contribution in [3.8, 4) is 0 Å². The van der Waals surface area contributed by atoms with Gasteiger partial charge in [-0.2, -0.15) is 0 Å². The zero-order valence-corrected chi connectivity index (χ0v) is 13.2. The first-order valence-electron chi connectivity index (χ1n) is 7.69. The van der Waals surface area contributed by atoms with Crippen LogP contribution in [0, 0.1) is 19.8 Å². The van der Waals surface area contributed by atoms with Crippen LogP contribution in [-0.2, 0) is 0 Å². The van der Waals surface area contributed by atoms with E-state index in [0.717, 1.165) is 12.0 Å². The van der Waals surface area contributed by atoms with Gasteiger partial charge in [0.25, 0.3) is 0 Å². The molecule has 2 aliphatic rings. The van der Waals surface area contributed by atoms with Crippen molar-refractivity contribution in [3.05, 3.63) is 21.4 Å². The number of nitrogens with zero attached hydrogens (tertiary/aromatic N) is 1. The zero-order chi connectivity index (χ0) is 13.4. The SMILES string of the molecule is Cc1cc(C(C)N2CCCNC(C3CC3)C2)c(C)s1. The average Bonchev–Trinajstić information content (AvgIpc) is 3.16. The Balaban J connectivity index is 1.73. The number of hydrogen-bond acceptors (Lipinski definition) is 3. The molecule has 106 valence electrons. The first-order chi connectivity index (χ1) is 9.15. The third-order valence-corrected chi connectivity index (χ3v) is 5.71. The predicted molar refractivity (Wildman–Crippen MR) is 82.9 cm³/mol. The number of thiophene rings is 1. The van der Waals surface area contributed by atoms with Crippen LogP contribution in [0.2, 0.25) is 0 Å². The summed E-state index contributed by atoms with van der Waals surface area (Å²) in [6, 6.07) is 3.71. The van der Waals surface area contributed by atoms with E-state index in [1.165, 1.54) is 48.7 Å². The second-order valence-electron chi connectivity index (χ2n) is 6.29. The number of rotatable bonds is 3. The molecule has 2 fully saturated rings. The lowest BCUT2D eigenvalue weighted by molar-refractivity contribution is 0.200. The molecule has 0 spiro atoms. The molecule has 0 bridgehead atoms. The van der Waals surface area contributed by atoms with Gasteiger partial charge >= 0.3 is 0 Å². The van der Waals surface area contributed by atoms with E-state index in [1.54, 1.807) is 5.56 Å². The van der Waals surface area contributed by atoms with Gasteiger partial charge in [0, 0.05) is 34.9 Å². The van der Waals surface area contributed by atoms with Gasteiger partial charge in [0.2, 0.25) is 0 Å². The summed E-state index contributed by atoms with van der Waals surface area (Å²) in [4.78, 5) is 5.66. The van der Waals surface area contributed by atoms with Gasteiger partial charge in [0.05, 0.1) is 0 Å². The van der Waals surface area contributed by atoms with Crippen molar-refractivity contribution in [1.82, 2.24) is 10.2 Å². The van der Waals surface area contributed by atoms with Crippen molar-refractivity contribution in [2.45, 2.75) is 52.1 Å². The highest BCUT2D eigenvalue weighted by Crippen LogP contribution is 2.36. The van der Waals surface area contributed by atoms with E-state index < -0.39 is 0 Å². The summed E-state index contributed by atoms with van der Waals surface area (Å²) in [5.41, 5.74) is 1.55. The summed E-state index contributed by atoms with van der Waals surface area (Å²) in [7, 11) is 0. The van der Waals surface area contributed by atoms with Crippen LogP contribution >= 0.6 is 11.3 Å². The largest absolute Gasteiger partial charge is 0.312 e. The highest BCUT2D eigenvalue weighted by Gasteiger charge is 2.34.